The quantitative estimate of drug-likeness (QED) is 0.765. The monoisotopic (exact) mass is 222 g/mol. The molecule has 2 N–H and O–H groups in total. The molecule has 0 atom stereocenters. The summed E-state index contributed by atoms with van der Waals surface area (Å²) in [7, 11) is 0. The Morgan fingerprint density at radius 2 is 1.12 bits per heavy atom. The highest BCUT2D eigenvalue weighted by molar-refractivity contribution is 5.47. The van der Waals surface area contributed by atoms with Gasteiger partial charge in [-0.3, -0.25) is 0 Å². The van der Waals surface area contributed by atoms with Crippen molar-refractivity contribution < 1.29 is 10.2 Å². The SMILES string of the molecule is CC(C)Cc1c(O)ccc(O)c1CC(C)C. The average Bonchev–Trinajstić information content (AvgIpc) is 2.16. The fourth-order valence-electron chi connectivity index (χ4n) is 1.94. The third-order valence-corrected chi connectivity index (χ3v) is 2.61. The van der Waals surface area contributed by atoms with Crippen molar-refractivity contribution >= 4 is 0 Å². The molecule has 0 amide bonds. The van der Waals surface area contributed by atoms with Crippen molar-refractivity contribution in [2.75, 3.05) is 0 Å². The van der Waals surface area contributed by atoms with Gasteiger partial charge in [0.2, 0.25) is 0 Å². The summed E-state index contributed by atoms with van der Waals surface area (Å²) in [6, 6.07) is 3.16. The minimum atomic E-state index is 0.308. The lowest BCUT2D eigenvalue weighted by Gasteiger charge is -2.16. The maximum Gasteiger partial charge on any atom is 0.119 e. The summed E-state index contributed by atoms with van der Waals surface area (Å²) in [6.07, 6.45) is 1.62. The van der Waals surface area contributed by atoms with Crippen molar-refractivity contribution in [2.24, 2.45) is 11.8 Å². The molecule has 90 valence electrons. The van der Waals surface area contributed by atoms with Crippen LogP contribution < -0.4 is 0 Å². The lowest BCUT2D eigenvalue weighted by molar-refractivity contribution is 0.438. The van der Waals surface area contributed by atoms with E-state index >= 15 is 0 Å². The molecule has 0 spiro atoms. The van der Waals surface area contributed by atoms with Crippen molar-refractivity contribution in [3.05, 3.63) is 23.3 Å². The Morgan fingerprint density at radius 1 is 0.812 bits per heavy atom. The van der Waals surface area contributed by atoms with Crippen LogP contribution in [-0.4, -0.2) is 10.2 Å². The number of aromatic hydroxyl groups is 2. The maximum absolute atomic E-state index is 9.87. The van der Waals surface area contributed by atoms with Crippen molar-refractivity contribution in [3.8, 4) is 11.5 Å². The second kappa shape index (κ2) is 5.24. The molecule has 2 heteroatoms. The highest BCUT2D eigenvalue weighted by Gasteiger charge is 2.14. The van der Waals surface area contributed by atoms with Crippen molar-refractivity contribution in [2.45, 2.75) is 40.5 Å². The normalized spacial score (nSPS) is 11.4. The first-order valence-electron chi connectivity index (χ1n) is 5.94. The lowest BCUT2D eigenvalue weighted by Crippen LogP contribution is -2.03. The Balaban J connectivity index is 3.14. The van der Waals surface area contributed by atoms with Gasteiger partial charge in [-0.15, -0.1) is 0 Å². The number of benzene rings is 1. The maximum atomic E-state index is 9.87. The van der Waals surface area contributed by atoms with Crippen LogP contribution in [0.2, 0.25) is 0 Å². The van der Waals surface area contributed by atoms with Crippen molar-refractivity contribution in [1.82, 2.24) is 0 Å². The third kappa shape index (κ3) is 3.16. The zero-order valence-electron chi connectivity index (χ0n) is 10.6. The van der Waals surface area contributed by atoms with Crippen molar-refractivity contribution in [3.63, 3.8) is 0 Å². The van der Waals surface area contributed by atoms with E-state index in [9.17, 15) is 10.2 Å². The van der Waals surface area contributed by atoms with Gasteiger partial charge in [0.15, 0.2) is 0 Å². The van der Waals surface area contributed by atoms with E-state index in [4.69, 9.17) is 0 Å². The van der Waals surface area contributed by atoms with Crippen LogP contribution in [0.4, 0.5) is 0 Å². The first kappa shape index (κ1) is 12.9. The average molecular weight is 222 g/mol. The highest BCUT2D eigenvalue weighted by atomic mass is 16.3. The number of hydrogen-bond donors (Lipinski definition) is 2. The van der Waals surface area contributed by atoms with Gasteiger partial charge in [0.25, 0.3) is 0 Å². The lowest BCUT2D eigenvalue weighted by atomic mass is 9.91. The standard InChI is InChI=1S/C14H22O2/c1-9(2)7-11-12(8-10(3)4)14(16)6-5-13(11)15/h5-6,9-10,15-16H,7-8H2,1-4H3. The van der Waals surface area contributed by atoms with Gasteiger partial charge < -0.3 is 10.2 Å². The summed E-state index contributed by atoms with van der Waals surface area (Å²) in [5.41, 5.74) is 1.81. The number of hydrogen-bond acceptors (Lipinski definition) is 2. The molecule has 0 fully saturated rings. The molecule has 0 bridgehead atoms. The fraction of sp³-hybridized carbons (Fsp3) is 0.571. The van der Waals surface area contributed by atoms with E-state index in [-0.39, 0.29) is 0 Å². The Morgan fingerprint density at radius 3 is 1.38 bits per heavy atom. The van der Waals surface area contributed by atoms with Crippen LogP contribution in [0.1, 0.15) is 38.8 Å². The van der Waals surface area contributed by atoms with Gasteiger partial charge in [-0.05, 0) is 36.8 Å². The molecule has 0 unspecified atom stereocenters. The molecule has 2 nitrogen and oxygen atoms in total. The molecule has 1 aromatic carbocycles. The number of rotatable bonds is 4. The summed E-state index contributed by atoms with van der Waals surface area (Å²) in [4.78, 5) is 0. The van der Waals surface area contributed by atoms with Crippen LogP contribution in [0.5, 0.6) is 11.5 Å². The molecule has 0 heterocycles. The molecule has 0 saturated carbocycles. The second-order valence-corrected chi connectivity index (χ2v) is 5.26. The summed E-state index contributed by atoms with van der Waals surface area (Å²) in [5.74, 6) is 1.56. The number of phenolic OH excluding ortho intramolecular Hbond substituents is 2. The molecule has 0 radical (unpaired) electrons. The smallest absolute Gasteiger partial charge is 0.119 e. The van der Waals surface area contributed by atoms with Crippen LogP contribution in [0.15, 0.2) is 12.1 Å². The molecule has 0 aromatic heterocycles. The van der Waals surface area contributed by atoms with E-state index in [2.05, 4.69) is 27.7 Å². The Kier molecular flexibility index (Phi) is 4.22. The predicted molar refractivity (Wildman–Crippen MR) is 66.9 cm³/mol. The van der Waals surface area contributed by atoms with E-state index in [0.29, 0.717) is 23.3 Å². The molecule has 0 aliphatic heterocycles. The molecule has 0 saturated heterocycles. The number of phenols is 2. The highest BCUT2D eigenvalue weighted by Crippen LogP contribution is 2.32. The molecule has 1 aromatic rings. The predicted octanol–water partition coefficient (Wildman–Crippen LogP) is 3.49. The van der Waals surface area contributed by atoms with Crippen LogP contribution in [-0.2, 0) is 12.8 Å². The van der Waals surface area contributed by atoms with Crippen LogP contribution in [0, 0.1) is 11.8 Å². The first-order chi connectivity index (χ1) is 7.41. The zero-order chi connectivity index (χ0) is 12.3. The summed E-state index contributed by atoms with van der Waals surface area (Å²) in [6.45, 7) is 8.45. The molecule has 16 heavy (non-hydrogen) atoms. The van der Waals surface area contributed by atoms with Crippen LogP contribution in [0.25, 0.3) is 0 Å². The fourth-order valence-corrected chi connectivity index (χ4v) is 1.94. The van der Waals surface area contributed by atoms with E-state index in [1.54, 1.807) is 12.1 Å². The Bertz CT molecular complexity index is 319. The minimum Gasteiger partial charge on any atom is -0.508 e. The first-order valence-corrected chi connectivity index (χ1v) is 5.94. The largest absolute Gasteiger partial charge is 0.508 e. The van der Waals surface area contributed by atoms with E-state index in [0.717, 1.165) is 24.0 Å². The molecule has 0 aliphatic rings. The van der Waals surface area contributed by atoms with E-state index < -0.39 is 0 Å². The Labute approximate surface area is 97.9 Å². The summed E-state index contributed by atoms with van der Waals surface area (Å²) in [5, 5.41) is 19.7. The van der Waals surface area contributed by atoms with Gasteiger partial charge in [0.05, 0.1) is 0 Å². The van der Waals surface area contributed by atoms with E-state index in [1.165, 1.54) is 0 Å². The van der Waals surface area contributed by atoms with Gasteiger partial charge in [-0.2, -0.15) is 0 Å². The van der Waals surface area contributed by atoms with Gasteiger partial charge in [0, 0.05) is 11.1 Å². The zero-order valence-corrected chi connectivity index (χ0v) is 10.6. The van der Waals surface area contributed by atoms with Gasteiger partial charge in [0.1, 0.15) is 11.5 Å². The molecule has 1 rings (SSSR count). The van der Waals surface area contributed by atoms with Gasteiger partial charge in [-0.1, -0.05) is 27.7 Å². The molecule has 0 aliphatic carbocycles. The van der Waals surface area contributed by atoms with E-state index in [1.807, 2.05) is 0 Å². The van der Waals surface area contributed by atoms with Crippen LogP contribution >= 0.6 is 0 Å². The van der Waals surface area contributed by atoms with Crippen LogP contribution in [0.3, 0.4) is 0 Å². The topological polar surface area (TPSA) is 40.5 Å². The van der Waals surface area contributed by atoms with Gasteiger partial charge in [-0.25, -0.2) is 0 Å². The summed E-state index contributed by atoms with van der Waals surface area (Å²) < 4.78 is 0. The minimum absolute atomic E-state index is 0.308. The van der Waals surface area contributed by atoms with Gasteiger partial charge >= 0.3 is 0 Å². The Hall–Kier alpha value is -1.18. The summed E-state index contributed by atoms with van der Waals surface area (Å²) >= 11 is 0. The van der Waals surface area contributed by atoms with Crippen molar-refractivity contribution in [1.29, 1.82) is 0 Å². The second-order valence-electron chi connectivity index (χ2n) is 5.26. The third-order valence-electron chi connectivity index (χ3n) is 2.61. The molecular formula is C14H22O2. The molecular weight excluding hydrogens is 200 g/mol.